The van der Waals surface area contributed by atoms with Crippen LogP contribution >= 0.6 is 11.6 Å². The van der Waals surface area contributed by atoms with Crippen LogP contribution < -0.4 is 9.64 Å². The van der Waals surface area contributed by atoms with Crippen molar-refractivity contribution in [3.05, 3.63) is 34.7 Å². The molecule has 2 aliphatic heterocycles. The number of guanidine groups is 1. The predicted molar refractivity (Wildman–Crippen MR) is 83.1 cm³/mol. The summed E-state index contributed by atoms with van der Waals surface area (Å²) < 4.78 is 58.9. The Bertz CT molecular complexity index is 876. The van der Waals surface area contributed by atoms with Crippen LogP contribution in [0, 0.1) is 17.1 Å². The second kappa shape index (κ2) is 6.49. The number of nitrogens with zero attached hydrogens (tertiary/aromatic N) is 4. The number of allylic oxidation sites excluding steroid dienone is 1. The molecule has 26 heavy (non-hydrogen) atoms. The fourth-order valence-corrected chi connectivity index (χ4v) is 2.79. The number of fused-ring (bicyclic) bond motifs is 1. The summed E-state index contributed by atoms with van der Waals surface area (Å²) in [6.07, 6.45) is -4.37. The lowest BCUT2D eigenvalue weighted by atomic mass is 10.2. The number of rotatable bonds is 3. The van der Waals surface area contributed by atoms with E-state index in [4.69, 9.17) is 21.6 Å². The van der Waals surface area contributed by atoms with Crippen molar-refractivity contribution in [2.45, 2.75) is 6.18 Å². The molecule has 0 radical (unpaired) electrons. The average Bonchev–Trinajstić information content (AvgIpc) is 3.02. The van der Waals surface area contributed by atoms with Gasteiger partial charge in [-0.05, 0) is 6.07 Å². The lowest BCUT2D eigenvalue weighted by molar-refractivity contribution is -0.119. The fourth-order valence-electron chi connectivity index (χ4n) is 2.58. The molecule has 1 aromatic carbocycles. The lowest BCUT2D eigenvalue weighted by Crippen LogP contribution is -2.51. The third-order valence-electron chi connectivity index (χ3n) is 3.61. The Balaban J connectivity index is 2.09. The number of halogens is 5. The van der Waals surface area contributed by atoms with Gasteiger partial charge in [0.25, 0.3) is 5.91 Å². The molecule has 0 N–H and O–H groups in total. The molecule has 6 nitrogen and oxygen atoms in total. The van der Waals surface area contributed by atoms with Gasteiger partial charge in [-0.1, -0.05) is 11.6 Å². The molecule has 0 saturated carbocycles. The third kappa shape index (κ3) is 3.06. The fraction of sp³-hybridized carbons (Fsp3) is 0.267. The van der Waals surface area contributed by atoms with Crippen LogP contribution in [-0.2, 0) is 4.79 Å². The SMILES string of the molecule is N#CCOc1cc(N2C(=O)C=C(C(F)(F)F)N3CCN=C32)c(F)cc1Cl. The van der Waals surface area contributed by atoms with Crippen LogP contribution in [0.25, 0.3) is 0 Å². The molecule has 0 spiro atoms. The molecule has 2 aliphatic rings. The number of hydrogen-bond donors (Lipinski definition) is 0. The van der Waals surface area contributed by atoms with E-state index in [9.17, 15) is 22.4 Å². The van der Waals surface area contributed by atoms with Crippen molar-refractivity contribution in [1.29, 1.82) is 5.26 Å². The van der Waals surface area contributed by atoms with E-state index in [1.54, 1.807) is 6.07 Å². The summed E-state index contributed by atoms with van der Waals surface area (Å²) in [4.78, 5) is 17.7. The van der Waals surface area contributed by atoms with Gasteiger partial charge in [0.15, 0.2) is 6.61 Å². The minimum atomic E-state index is -4.76. The number of ether oxygens (including phenoxy) is 1. The molecule has 3 rings (SSSR count). The number of carbonyl (C=O) groups is 1. The van der Waals surface area contributed by atoms with E-state index in [1.165, 1.54) is 0 Å². The number of benzene rings is 1. The van der Waals surface area contributed by atoms with E-state index in [1.807, 2.05) is 0 Å². The molecule has 0 saturated heterocycles. The van der Waals surface area contributed by atoms with Crippen LogP contribution in [-0.4, -0.2) is 42.6 Å². The number of anilines is 1. The van der Waals surface area contributed by atoms with Gasteiger partial charge in [-0.15, -0.1) is 0 Å². The van der Waals surface area contributed by atoms with Gasteiger partial charge in [-0.25, -0.2) is 9.29 Å². The van der Waals surface area contributed by atoms with E-state index >= 15 is 0 Å². The van der Waals surface area contributed by atoms with Crippen molar-refractivity contribution in [2.75, 3.05) is 24.6 Å². The van der Waals surface area contributed by atoms with Crippen LogP contribution in [0.1, 0.15) is 0 Å². The van der Waals surface area contributed by atoms with E-state index in [0.717, 1.165) is 17.0 Å². The Hall–Kier alpha value is -2.80. The molecule has 11 heteroatoms. The number of aliphatic imine (C=N–C) groups is 1. The zero-order chi connectivity index (χ0) is 19.1. The highest BCUT2D eigenvalue weighted by Crippen LogP contribution is 2.38. The Labute approximate surface area is 149 Å². The lowest BCUT2D eigenvalue weighted by Gasteiger charge is -2.35. The third-order valence-corrected chi connectivity index (χ3v) is 3.91. The second-order valence-corrected chi connectivity index (χ2v) is 5.62. The number of hydrogen-bond acceptors (Lipinski definition) is 5. The molecule has 1 aromatic rings. The van der Waals surface area contributed by atoms with Crippen LogP contribution in [0.15, 0.2) is 28.9 Å². The summed E-state index contributed by atoms with van der Waals surface area (Å²) in [5.41, 5.74) is -1.54. The van der Waals surface area contributed by atoms with E-state index < -0.39 is 23.6 Å². The second-order valence-electron chi connectivity index (χ2n) is 5.22. The van der Waals surface area contributed by atoms with Crippen molar-refractivity contribution >= 4 is 29.2 Å². The molecule has 1 amide bonds. The van der Waals surface area contributed by atoms with Gasteiger partial charge >= 0.3 is 6.18 Å². The van der Waals surface area contributed by atoms with Gasteiger partial charge in [-0.2, -0.15) is 18.4 Å². The van der Waals surface area contributed by atoms with Crippen LogP contribution in [0.4, 0.5) is 23.2 Å². The highest BCUT2D eigenvalue weighted by Gasteiger charge is 2.47. The number of alkyl halides is 3. The van der Waals surface area contributed by atoms with Crippen molar-refractivity contribution in [1.82, 2.24) is 4.90 Å². The Kier molecular flexibility index (Phi) is 4.50. The first-order valence-corrected chi connectivity index (χ1v) is 7.55. The maximum Gasteiger partial charge on any atom is 0.431 e. The van der Waals surface area contributed by atoms with Gasteiger partial charge in [0, 0.05) is 18.7 Å². The Morgan fingerprint density at radius 1 is 1.38 bits per heavy atom. The number of amides is 1. The van der Waals surface area contributed by atoms with Gasteiger partial charge in [0.1, 0.15) is 23.3 Å². The minimum Gasteiger partial charge on any atom is -0.477 e. The maximum absolute atomic E-state index is 14.4. The standard InChI is InChI=1S/C15H9ClF4N4O2/c16-8-5-9(17)10(6-11(8)26-4-1-21)24-13(25)7-12(15(18,19)20)23-3-2-22-14(23)24/h5-7H,2-4H2. The van der Waals surface area contributed by atoms with Gasteiger partial charge < -0.3 is 9.64 Å². The summed E-state index contributed by atoms with van der Waals surface area (Å²) >= 11 is 5.83. The van der Waals surface area contributed by atoms with Crippen LogP contribution in [0.5, 0.6) is 5.75 Å². The Morgan fingerprint density at radius 2 is 2.12 bits per heavy atom. The Morgan fingerprint density at radius 3 is 2.77 bits per heavy atom. The van der Waals surface area contributed by atoms with Gasteiger partial charge in [0.05, 0.1) is 17.3 Å². The van der Waals surface area contributed by atoms with Crippen molar-refractivity contribution in [2.24, 2.45) is 4.99 Å². The van der Waals surface area contributed by atoms with E-state index in [0.29, 0.717) is 11.0 Å². The van der Waals surface area contributed by atoms with Crippen LogP contribution in [0.2, 0.25) is 5.02 Å². The smallest absolute Gasteiger partial charge is 0.431 e. The normalized spacial score (nSPS) is 16.8. The molecule has 0 atom stereocenters. The molecule has 0 bridgehead atoms. The molecule has 136 valence electrons. The summed E-state index contributed by atoms with van der Waals surface area (Å²) in [5.74, 6) is -2.49. The summed E-state index contributed by atoms with van der Waals surface area (Å²) in [6.45, 7) is -0.471. The summed E-state index contributed by atoms with van der Waals surface area (Å²) in [5, 5.41) is 8.41. The number of carbonyl (C=O) groups excluding carboxylic acids is 1. The highest BCUT2D eigenvalue weighted by atomic mass is 35.5. The molecular formula is C15H9ClF4N4O2. The molecular weight excluding hydrogens is 380 g/mol. The molecule has 0 aromatic heterocycles. The van der Waals surface area contributed by atoms with Crippen molar-refractivity contribution < 1.29 is 27.1 Å². The molecule has 0 fully saturated rings. The summed E-state index contributed by atoms with van der Waals surface area (Å²) in [6, 6.07) is 3.59. The van der Waals surface area contributed by atoms with E-state index in [2.05, 4.69) is 4.99 Å². The largest absolute Gasteiger partial charge is 0.477 e. The van der Waals surface area contributed by atoms with Crippen molar-refractivity contribution in [3.63, 3.8) is 0 Å². The number of nitriles is 1. The van der Waals surface area contributed by atoms with Crippen LogP contribution in [0.3, 0.4) is 0 Å². The maximum atomic E-state index is 14.4. The van der Waals surface area contributed by atoms with Crippen molar-refractivity contribution in [3.8, 4) is 11.8 Å². The first kappa shape index (κ1) is 18.0. The summed E-state index contributed by atoms with van der Waals surface area (Å²) in [7, 11) is 0. The minimum absolute atomic E-state index is 0.0134. The van der Waals surface area contributed by atoms with Gasteiger partial charge in [0.2, 0.25) is 5.96 Å². The first-order valence-electron chi connectivity index (χ1n) is 7.18. The average molecular weight is 389 g/mol. The predicted octanol–water partition coefficient (Wildman–Crippen LogP) is 2.85. The highest BCUT2D eigenvalue weighted by molar-refractivity contribution is 6.32. The zero-order valence-electron chi connectivity index (χ0n) is 12.8. The topological polar surface area (TPSA) is 68.9 Å². The molecule has 2 heterocycles. The quantitative estimate of drug-likeness (QED) is 0.747. The first-order chi connectivity index (χ1) is 12.2. The molecule has 0 aliphatic carbocycles. The monoisotopic (exact) mass is 388 g/mol. The van der Waals surface area contributed by atoms with E-state index in [-0.39, 0.29) is 42.1 Å². The van der Waals surface area contributed by atoms with Gasteiger partial charge in [-0.3, -0.25) is 9.79 Å². The molecule has 0 unspecified atom stereocenters. The zero-order valence-corrected chi connectivity index (χ0v) is 13.6.